The van der Waals surface area contributed by atoms with Gasteiger partial charge in [0.15, 0.2) is 0 Å². The van der Waals surface area contributed by atoms with Gasteiger partial charge >= 0.3 is 0 Å². The zero-order valence-corrected chi connectivity index (χ0v) is 10.0. The van der Waals surface area contributed by atoms with E-state index in [0.29, 0.717) is 12.2 Å². The molecule has 1 N–H and O–H groups in total. The second-order valence-electron chi connectivity index (χ2n) is 4.28. The molecule has 0 radical (unpaired) electrons. The lowest BCUT2D eigenvalue weighted by atomic mass is 10.1. The minimum atomic E-state index is -0.307. The predicted octanol–water partition coefficient (Wildman–Crippen LogP) is 1.93. The lowest BCUT2D eigenvalue weighted by molar-refractivity contribution is 0.0383. The summed E-state index contributed by atoms with van der Waals surface area (Å²) in [4.78, 5) is 2.16. The number of morpholine rings is 1. The van der Waals surface area contributed by atoms with Crippen LogP contribution in [-0.4, -0.2) is 30.9 Å². The summed E-state index contributed by atoms with van der Waals surface area (Å²) in [5.74, 6) is -0.307. The Morgan fingerprint density at radius 1 is 1.53 bits per heavy atom. The van der Waals surface area contributed by atoms with Crippen molar-refractivity contribution in [2.75, 3.05) is 24.6 Å². The van der Waals surface area contributed by atoms with Crippen LogP contribution in [0.15, 0.2) is 18.2 Å². The van der Waals surface area contributed by atoms with Gasteiger partial charge in [0.05, 0.1) is 19.3 Å². The van der Waals surface area contributed by atoms with E-state index >= 15 is 0 Å². The van der Waals surface area contributed by atoms with E-state index in [0.717, 1.165) is 25.2 Å². The van der Waals surface area contributed by atoms with Crippen LogP contribution < -0.4 is 4.90 Å². The normalized spacial score (nSPS) is 20.6. The van der Waals surface area contributed by atoms with Crippen molar-refractivity contribution in [3.05, 3.63) is 29.6 Å². The first kappa shape index (κ1) is 12.3. The molecule has 1 aromatic carbocycles. The molecule has 0 spiro atoms. The maximum absolute atomic E-state index is 13.1. The van der Waals surface area contributed by atoms with Gasteiger partial charge in [-0.15, -0.1) is 0 Å². The summed E-state index contributed by atoms with van der Waals surface area (Å²) < 4.78 is 18.7. The molecule has 1 heterocycles. The smallest absolute Gasteiger partial charge is 0.123 e. The first-order valence-electron chi connectivity index (χ1n) is 6.00. The molecule has 0 saturated carbocycles. The van der Waals surface area contributed by atoms with Crippen molar-refractivity contribution in [2.24, 2.45) is 0 Å². The summed E-state index contributed by atoms with van der Waals surface area (Å²) in [7, 11) is 0. The van der Waals surface area contributed by atoms with E-state index < -0.39 is 0 Å². The molecule has 0 bridgehead atoms. The molecule has 1 atom stereocenters. The number of ether oxygens (including phenoxy) is 1. The van der Waals surface area contributed by atoms with Gasteiger partial charge in [0, 0.05) is 24.3 Å². The van der Waals surface area contributed by atoms with Crippen LogP contribution in [0, 0.1) is 5.82 Å². The average Bonchev–Trinajstić information content (AvgIpc) is 2.38. The first-order chi connectivity index (χ1) is 8.24. The molecule has 1 aliphatic rings. The van der Waals surface area contributed by atoms with Gasteiger partial charge in [0.2, 0.25) is 0 Å². The molecule has 2 rings (SSSR count). The number of aliphatic hydroxyl groups is 1. The van der Waals surface area contributed by atoms with E-state index in [4.69, 9.17) is 4.74 Å². The van der Waals surface area contributed by atoms with Gasteiger partial charge in [-0.3, -0.25) is 0 Å². The number of halogens is 1. The fraction of sp³-hybridized carbons (Fsp3) is 0.538. The van der Waals surface area contributed by atoms with Crippen LogP contribution in [0.5, 0.6) is 0 Å². The standard InChI is InChI=1S/C13H18FNO2/c1-2-12-8-15(5-6-17-12)13-4-3-11(14)7-10(13)9-16/h3-4,7,12,16H,2,5-6,8-9H2,1H3. The van der Waals surface area contributed by atoms with Crippen LogP contribution in [0.3, 0.4) is 0 Å². The van der Waals surface area contributed by atoms with E-state index in [9.17, 15) is 9.50 Å². The van der Waals surface area contributed by atoms with E-state index in [1.54, 1.807) is 6.07 Å². The lowest BCUT2D eigenvalue weighted by Crippen LogP contribution is -2.42. The summed E-state index contributed by atoms with van der Waals surface area (Å²) in [6.45, 7) is 4.22. The molecule has 1 unspecified atom stereocenters. The molecule has 0 amide bonds. The summed E-state index contributed by atoms with van der Waals surface area (Å²) in [5.41, 5.74) is 1.55. The van der Waals surface area contributed by atoms with Crippen molar-refractivity contribution in [2.45, 2.75) is 26.1 Å². The highest BCUT2D eigenvalue weighted by molar-refractivity contribution is 5.54. The van der Waals surface area contributed by atoms with Gasteiger partial charge in [0.1, 0.15) is 5.82 Å². The van der Waals surface area contributed by atoms with Crippen LogP contribution in [0.4, 0.5) is 10.1 Å². The van der Waals surface area contributed by atoms with E-state index in [2.05, 4.69) is 11.8 Å². The molecule has 3 nitrogen and oxygen atoms in total. The maximum Gasteiger partial charge on any atom is 0.123 e. The van der Waals surface area contributed by atoms with Crippen LogP contribution in [-0.2, 0) is 11.3 Å². The summed E-state index contributed by atoms with van der Waals surface area (Å²) in [6.07, 6.45) is 1.19. The Hall–Kier alpha value is -1.13. The summed E-state index contributed by atoms with van der Waals surface area (Å²) >= 11 is 0. The predicted molar refractivity (Wildman–Crippen MR) is 64.6 cm³/mol. The molecule has 4 heteroatoms. The van der Waals surface area contributed by atoms with Crippen LogP contribution in [0.25, 0.3) is 0 Å². The van der Waals surface area contributed by atoms with Crippen molar-refractivity contribution >= 4 is 5.69 Å². The van der Waals surface area contributed by atoms with Gasteiger partial charge in [0.25, 0.3) is 0 Å². The Morgan fingerprint density at radius 3 is 3.06 bits per heavy atom. The Kier molecular flexibility index (Phi) is 3.97. The molecule has 1 fully saturated rings. The number of benzene rings is 1. The number of anilines is 1. The molecular weight excluding hydrogens is 221 g/mol. The monoisotopic (exact) mass is 239 g/mol. The fourth-order valence-corrected chi connectivity index (χ4v) is 2.17. The largest absolute Gasteiger partial charge is 0.392 e. The second kappa shape index (κ2) is 5.47. The molecule has 0 aromatic heterocycles. The molecule has 1 saturated heterocycles. The second-order valence-corrected chi connectivity index (χ2v) is 4.28. The average molecular weight is 239 g/mol. The topological polar surface area (TPSA) is 32.7 Å². The molecule has 94 valence electrons. The van der Waals surface area contributed by atoms with Gasteiger partial charge in [-0.1, -0.05) is 6.92 Å². The Morgan fingerprint density at radius 2 is 2.35 bits per heavy atom. The molecular formula is C13H18FNO2. The quantitative estimate of drug-likeness (QED) is 0.875. The summed E-state index contributed by atoms with van der Waals surface area (Å²) in [6, 6.07) is 4.57. The highest BCUT2D eigenvalue weighted by atomic mass is 19.1. The van der Waals surface area contributed by atoms with Gasteiger partial charge in [-0.05, 0) is 24.6 Å². The third-order valence-electron chi connectivity index (χ3n) is 3.15. The maximum atomic E-state index is 13.1. The Balaban J connectivity index is 2.20. The zero-order chi connectivity index (χ0) is 12.3. The highest BCUT2D eigenvalue weighted by Gasteiger charge is 2.21. The zero-order valence-electron chi connectivity index (χ0n) is 10.0. The van der Waals surface area contributed by atoms with E-state index in [1.165, 1.54) is 12.1 Å². The minimum Gasteiger partial charge on any atom is -0.392 e. The number of hydrogen-bond donors (Lipinski definition) is 1. The SMILES string of the molecule is CCC1CN(c2ccc(F)cc2CO)CCO1. The summed E-state index contributed by atoms with van der Waals surface area (Å²) in [5, 5.41) is 9.27. The third-order valence-corrected chi connectivity index (χ3v) is 3.15. The van der Waals surface area contributed by atoms with Crippen LogP contribution in [0.1, 0.15) is 18.9 Å². The van der Waals surface area contributed by atoms with Crippen molar-refractivity contribution in [3.8, 4) is 0 Å². The van der Waals surface area contributed by atoms with Gasteiger partial charge in [-0.2, -0.15) is 0 Å². The van der Waals surface area contributed by atoms with Crippen LogP contribution >= 0.6 is 0 Å². The van der Waals surface area contributed by atoms with Gasteiger partial charge in [-0.25, -0.2) is 4.39 Å². The van der Waals surface area contributed by atoms with Crippen molar-refractivity contribution in [1.29, 1.82) is 0 Å². The molecule has 1 aliphatic heterocycles. The molecule has 17 heavy (non-hydrogen) atoms. The lowest BCUT2D eigenvalue weighted by Gasteiger charge is -2.35. The number of hydrogen-bond acceptors (Lipinski definition) is 3. The highest BCUT2D eigenvalue weighted by Crippen LogP contribution is 2.24. The van der Waals surface area contributed by atoms with Crippen molar-refractivity contribution in [1.82, 2.24) is 0 Å². The first-order valence-corrected chi connectivity index (χ1v) is 6.00. The fourth-order valence-electron chi connectivity index (χ4n) is 2.17. The van der Waals surface area contributed by atoms with E-state index in [-0.39, 0.29) is 18.5 Å². The van der Waals surface area contributed by atoms with Crippen molar-refractivity contribution in [3.63, 3.8) is 0 Å². The Labute approximate surface area is 101 Å². The molecule has 0 aliphatic carbocycles. The van der Waals surface area contributed by atoms with Crippen molar-refractivity contribution < 1.29 is 14.2 Å². The third kappa shape index (κ3) is 2.76. The number of rotatable bonds is 3. The van der Waals surface area contributed by atoms with Crippen LogP contribution in [0.2, 0.25) is 0 Å². The van der Waals surface area contributed by atoms with Gasteiger partial charge < -0.3 is 14.7 Å². The van der Waals surface area contributed by atoms with E-state index in [1.807, 2.05) is 0 Å². The Bertz CT molecular complexity index is 384. The molecule has 1 aromatic rings. The number of nitrogens with zero attached hydrogens (tertiary/aromatic N) is 1. The number of aliphatic hydroxyl groups excluding tert-OH is 1. The minimum absolute atomic E-state index is 0.138.